The fourth-order valence-corrected chi connectivity index (χ4v) is 3.65. The molecule has 0 radical (unpaired) electrons. The second-order valence-corrected chi connectivity index (χ2v) is 6.61. The quantitative estimate of drug-likeness (QED) is 0.905. The predicted molar refractivity (Wildman–Crippen MR) is 87.0 cm³/mol. The van der Waals surface area contributed by atoms with Gasteiger partial charge in [-0.25, -0.2) is 4.39 Å². The van der Waals surface area contributed by atoms with E-state index < -0.39 is 0 Å². The number of hydrogen-bond acceptors (Lipinski definition) is 2. The molecule has 1 aromatic carbocycles. The van der Waals surface area contributed by atoms with Crippen LogP contribution in [-0.4, -0.2) is 31.1 Å². The maximum Gasteiger partial charge on any atom is 0.128 e. The van der Waals surface area contributed by atoms with E-state index in [4.69, 9.17) is 0 Å². The van der Waals surface area contributed by atoms with Gasteiger partial charge in [-0.1, -0.05) is 24.1 Å². The molecule has 1 fully saturated rings. The molecule has 0 aromatic heterocycles. The van der Waals surface area contributed by atoms with Crippen molar-refractivity contribution in [2.75, 3.05) is 20.1 Å². The first-order valence-electron chi connectivity index (χ1n) is 8.21. The fraction of sp³-hybridized carbons (Fsp3) is 0.667. The van der Waals surface area contributed by atoms with Gasteiger partial charge in [0.1, 0.15) is 5.82 Å². The Labute approximate surface area is 128 Å². The Morgan fingerprint density at radius 3 is 2.76 bits per heavy atom. The van der Waals surface area contributed by atoms with E-state index in [-0.39, 0.29) is 11.9 Å². The Balaban J connectivity index is 2.44. The molecule has 1 heterocycles. The zero-order chi connectivity index (χ0) is 15.4. The van der Waals surface area contributed by atoms with Crippen LogP contribution in [-0.2, 0) is 0 Å². The molecule has 2 unspecified atom stereocenters. The Hall–Kier alpha value is -0.930. The minimum absolute atomic E-state index is 0.0562. The molecule has 1 aromatic rings. The van der Waals surface area contributed by atoms with Crippen LogP contribution < -0.4 is 5.32 Å². The van der Waals surface area contributed by atoms with Crippen molar-refractivity contribution in [1.82, 2.24) is 10.2 Å². The summed E-state index contributed by atoms with van der Waals surface area (Å²) in [5.41, 5.74) is 2.02. The van der Waals surface area contributed by atoms with Crippen molar-refractivity contribution in [3.05, 3.63) is 35.1 Å². The van der Waals surface area contributed by atoms with Gasteiger partial charge in [0, 0.05) is 17.6 Å². The summed E-state index contributed by atoms with van der Waals surface area (Å²) in [6.45, 7) is 8.51. The third-order valence-corrected chi connectivity index (χ3v) is 4.64. The minimum atomic E-state index is -0.0562. The molecule has 0 amide bonds. The molecular formula is C18H29FN2. The Bertz CT molecular complexity index is 459. The lowest BCUT2D eigenvalue weighted by Gasteiger charge is -2.38. The lowest BCUT2D eigenvalue weighted by molar-refractivity contribution is 0.115. The number of halogens is 1. The normalized spacial score (nSPS) is 24.3. The van der Waals surface area contributed by atoms with E-state index in [1.54, 1.807) is 6.07 Å². The van der Waals surface area contributed by atoms with Crippen LogP contribution in [0.4, 0.5) is 4.39 Å². The highest BCUT2D eigenvalue weighted by molar-refractivity contribution is 5.28. The first-order valence-corrected chi connectivity index (χ1v) is 8.21. The second-order valence-electron chi connectivity index (χ2n) is 6.61. The first-order chi connectivity index (χ1) is 10.0. The molecule has 0 bridgehead atoms. The van der Waals surface area contributed by atoms with E-state index in [9.17, 15) is 4.39 Å². The summed E-state index contributed by atoms with van der Waals surface area (Å²) >= 11 is 0. The van der Waals surface area contributed by atoms with E-state index in [0.717, 1.165) is 24.2 Å². The Morgan fingerprint density at radius 2 is 2.10 bits per heavy atom. The van der Waals surface area contributed by atoms with Crippen molar-refractivity contribution >= 4 is 0 Å². The van der Waals surface area contributed by atoms with Crippen LogP contribution in [0, 0.1) is 18.7 Å². The van der Waals surface area contributed by atoms with Crippen LogP contribution in [0.2, 0.25) is 0 Å². The van der Waals surface area contributed by atoms with E-state index in [1.165, 1.54) is 19.3 Å². The van der Waals surface area contributed by atoms with Crippen molar-refractivity contribution in [1.29, 1.82) is 0 Å². The van der Waals surface area contributed by atoms with Gasteiger partial charge in [0.2, 0.25) is 0 Å². The van der Waals surface area contributed by atoms with Gasteiger partial charge < -0.3 is 5.32 Å². The average Bonchev–Trinajstić information content (AvgIpc) is 2.64. The number of benzene rings is 1. The van der Waals surface area contributed by atoms with Crippen LogP contribution >= 0.6 is 0 Å². The molecule has 2 atom stereocenters. The summed E-state index contributed by atoms with van der Waals surface area (Å²) in [6.07, 6.45) is 3.62. The molecule has 0 spiro atoms. The summed E-state index contributed by atoms with van der Waals surface area (Å²) in [5, 5.41) is 3.31. The molecule has 1 saturated heterocycles. The number of likely N-dealkylation sites (tertiary alicyclic amines) is 1. The Kier molecular flexibility index (Phi) is 5.77. The molecule has 1 N–H and O–H groups in total. The van der Waals surface area contributed by atoms with Crippen molar-refractivity contribution < 1.29 is 4.39 Å². The van der Waals surface area contributed by atoms with Crippen molar-refractivity contribution in [2.45, 2.75) is 52.1 Å². The van der Waals surface area contributed by atoms with Crippen molar-refractivity contribution in [3.8, 4) is 0 Å². The molecule has 1 aliphatic heterocycles. The van der Waals surface area contributed by atoms with E-state index in [0.29, 0.717) is 12.0 Å². The van der Waals surface area contributed by atoms with Gasteiger partial charge in [0.25, 0.3) is 0 Å². The van der Waals surface area contributed by atoms with Gasteiger partial charge in [-0.15, -0.1) is 0 Å². The van der Waals surface area contributed by atoms with Crippen molar-refractivity contribution in [3.63, 3.8) is 0 Å². The summed E-state index contributed by atoms with van der Waals surface area (Å²) in [7, 11) is 1.99. The average molecular weight is 292 g/mol. The van der Waals surface area contributed by atoms with Crippen molar-refractivity contribution in [2.24, 2.45) is 5.92 Å². The molecule has 0 aliphatic carbocycles. The number of hydrogen-bond donors (Lipinski definition) is 1. The lowest BCUT2D eigenvalue weighted by Crippen LogP contribution is -2.40. The van der Waals surface area contributed by atoms with Crippen LogP contribution in [0.25, 0.3) is 0 Å². The molecule has 21 heavy (non-hydrogen) atoms. The number of nitrogens with zero attached hydrogens (tertiary/aromatic N) is 1. The molecule has 2 rings (SSSR count). The van der Waals surface area contributed by atoms with E-state index >= 15 is 0 Å². The zero-order valence-electron chi connectivity index (χ0n) is 13.8. The van der Waals surface area contributed by atoms with Gasteiger partial charge in [0.05, 0.1) is 0 Å². The smallest absolute Gasteiger partial charge is 0.128 e. The third-order valence-electron chi connectivity index (χ3n) is 4.64. The van der Waals surface area contributed by atoms with Crippen LogP contribution in [0.5, 0.6) is 0 Å². The zero-order valence-corrected chi connectivity index (χ0v) is 13.8. The van der Waals surface area contributed by atoms with Gasteiger partial charge in [0.15, 0.2) is 0 Å². The van der Waals surface area contributed by atoms with E-state index in [2.05, 4.69) is 24.1 Å². The van der Waals surface area contributed by atoms with Crippen LogP contribution in [0.15, 0.2) is 18.2 Å². The standard InChI is InChI=1S/C18H29FN2/c1-13(2)21-10-6-5-7-15(12-20-4)18(21)16-11-14(3)8-9-17(16)19/h8-9,11,13,15,18,20H,5-7,10,12H2,1-4H3. The fourth-order valence-electron chi connectivity index (χ4n) is 3.65. The third kappa shape index (κ3) is 3.83. The Morgan fingerprint density at radius 1 is 1.33 bits per heavy atom. The first kappa shape index (κ1) is 16.4. The van der Waals surface area contributed by atoms with Gasteiger partial charge >= 0.3 is 0 Å². The highest BCUT2D eigenvalue weighted by atomic mass is 19.1. The number of nitrogens with one attached hydrogen (secondary N) is 1. The SMILES string of the molecule is CNCC1CCCCN(C(C)C)C1c1cc(C)ccc1F. The topological polar surface area (TPSA) is 15.3 Å². The second kappa shape index (κ2) is 7.37. The summed E-state index contributed by atoms with van der Waals surface area (Å²) in [6, 6.07) is 6.16. The van der Waals surface area contributed by atoms with Crippen LogP contribution in [0.3, 0.4) is 0 Å². The summed E-state index contributed by atoms with van der Waals surface area (Å²) in [5.74, 6) is 0.412. The highest BCUT2D eigenvalue weighted by Gasteiger charge is 2.33. The minimum Gasteiger partial charge on any atom is -0.319 e. The lowest BCUT2D eigenvalue weighted by atomic mass is 9.87. The molecular weight excluding hydrogens is 263 g/mol. The number of rotatable bonds is 4. The molecule has 3 heteroatoms. The molecule has 2 nitrogen and oxygen atoms in total. The molecule has 1 aliphatic rings. The van der Waals surface area contributed by atoms with Gasteiger partial charge in [-0.05, 0) is 65.7 Å². The van der Waals surface area contributed by atoms with Crippen LogP contribution in [0.1, 0.15) is 50.3 Å². The monoisotopic (exact) mass is 292 g/mol. The number of aryl methyl sites for hydroxylation is 1. The molecule has 118 valence electrons. The van der Waals surface area contributed by atoms with Gasteiger partial charge in [-0.3, -0.25) is 4.90 Å². The largest absolute Gasteiger partial charge is 0.319 e. The van der Waals surface area contributed by atoms with Gasteiger partial charge in [-0.2, -0.15) is 0 Å². The highest BCUT2D eigenvalue weighted by Crippen LogP contribution is 2.37. The predicted octanol–water partition coefficient (Wildman–Crippen LogP) is 3.91. The molecule has 0 saturated carbocycles. The maximum atomic E-state index is 14.5. The summed E-state index contributed by atoms with van der Waals surface area (Å²) in [4.78, 5) is 2.49. The summed E-state index contributed by atoms with van der Waals surface area (Å²) < 4.78 is 14.5. The maximum absolute atomic E-state index is 14.5. The van der Waals surface area contributed by atoms with E-state index in [1.807, 2.05) is 26.1 Å².